The maximum absolute atomic E-state index is 12.9. The van der Waals surface area contributed by atoms with Crippen molar-refractivity contribution in [3.05, 3.63) is 59.7 Å². The number of aliphatic hydroxyl groups is 1. The number of carboxylic acids is 1. The van der Waals surface area contributed by atoms with Gasteiger partial charge < -0.3 is 25.6 Å². The standard InChI is InChI=1S/C25H28N2O6/c1-14(28)21(22(29)30)26-23(31)25(2,15-11-12-15)27-24(32)33-13-20-18-9-5-3-7-16(18)17-8-4-6-10-19(17)20/h3-10,14-15,20-21,28H,11-13H2,1-2H3,(H,26,31)(H,27,32)(H,29,30). The summed E-state index contributed by atoms with van der Waals surface area (Å²) < 4.78 is 5.57. The smallest absolute Gasteiger partial charge is 0.408 e. The van der Waals surface area contributed by atoms with Crippen molar-refractivity contribution in [1.29, 1.82) is 0 Å². The van der Waals surface area contributed by atoms with Gasteiger partial charge in [0.2, 0.25) is 5.91 Å². The molecule has 2 aliphatic carbocycles. The number of amides is 2. The van der Waals surface area contributed by atoms with E-state index in [4.69, 9.17) is 4.74 Å². The Labute approximate surface area is 192 Å². The molecule has 3 atom stereocenters. The summed E-state index contributed by atoms with van der Waals surface area (Å²) >= 11 is 0. The van der Waals surface area contributed by atoms with Crippen LogP contribution in [-0.4, -0.2) is 52.5 Å². The Bertz CT molecular complexity index is 1030. The van der Waals surface area contributed by atoms with Gasteiger partial charge in [0, 0.05) is 5.92 Å². The minimum Gasteiger partial charge on any atom is -0.480 e. The highest BCUT2D eigenvalue weighted by molar-refractivity contribution is 5.93. The zero-order chi connectivity index (χ0) is 23.8. The van der Waals surface area contributed by atoms with Crippen molar-refractivity contribution in [2.75, 3.05) is 6.61 Å². The second kappa shape index (κ2) is 8.86. The van der Waals surface area contributed by atoms with E-state index in [1.807, 2.05) is 48.5 Å². The van der Waals surface area contributed by atoms with Crippen LogP contribution < -0.4 is 10.6 Å². The maximum atomic E-state index is 12.9. The third kappa shape index (κ3) is 4.43. The van der Waals surface area contributed by atoms with E-state index in [0.29, 0.717) is 0 Å². The van der Waals surface area contributed by atoms with Gasteiger partial charge >= 0.3 is 12.1 Å². The first-order valence-corrected chi connectivity index (χ1v) is 11.1. The molecule has 3 unspecified atom stereocenters. The molecule has 0 radical (unpaired) electrons. The lowest BCUT2D eigenvalue weighted by molar-refractivity contribution is -0.146. The van der Waals surface area contributed by atoms with Crippen molar-refractivity contribution >= 4 is 18.0 Å². The molecule has 2 aliphatic rings. The molecule has 0 aliphatic heterocycles. The van der Waals surface area contributed by atoms with Gasteiger partial charge in [0.15, 0.2) is 6.04 Å². The highest BCUT2D eigenvalue weighted by atomic mass is 16.5. The van der Waals surface area contributed by atoms with Crippen molar-refractivity contribution in [1.82, 2.24) is 10.6 Å². The number of benzene rings is 2. The molecule has 174 valence electrons. The van der Waals surface area contributed by atoms with Crippen LogP contribution in [0.2, 0.25) is 0 Å². The number of carbonyl (C=O) groups excluding carboxylic acids is 2. The van der Waals surface area contributed by atoms with Crippen LogP contribution in [0.15, 0.2) is 48.5 Å². The highest BCUT2D eigenvalue weighted by Gasteiger charge is 2.50. The summed E-state index contributed by atoms with van der Waals surface area (Å²) in [6.07, 6.45) is -0.588. The molecule has 1 saturated carbocycles. The lowest BCUT2D eigenvalue weighted by Crippen LogP contribution is -2.62. The molecule has 2 aromatic rings. The number of aliphatic hydroxyl groups excluding tert-OH is 1. The normalized spacial score (nSPS) is 18.3. The van der Waals surface area contributed by atoms with Crippen LogP contribution in [0.3, 0.4) is 0 Å². The quantitative estimate of drug-likeness (QED) is 0.488. The topological polar surface area (TPSA) is 125 Å². The predicted octanol–water partition coefficient (Wildman–Crippen LogP) is 2.64. The fraction of sp³-hybridized carbons (Fsp3) is 0.400. The van der Waals surface area contributed by atoms with Gasteiger partial charge in [-0.3, -0.25) is 4.79 Å². The van der Waals surface area contributed by atoms with Crippen molar-refractivity contribution < 1.29 is 29.3 Å². The summed E-state index contributed by atoms with van der Waals surface area (Å²) in [5.74, 6) is -2.26. The first-order valence-electron chi connectivity index (χ1n) is 11.1. The molecule has 0 saturated heterocycles. The summed E-state index contributed by atoms with van der Waals surface area (Å²) in [7, 11) is 0. The largest absolute Gasteiger partial charge is 0.480 e. The van der Waals surface area contributed by atoms with Crippen LogP contribution in [0.25, 0.3) is 11.1 Å². The SMILES string of the molecule is CC(O)C(NC(=O)C(C)(NC(=O)OCC1c2ccccc2-c2ccccc21)C1CC1)C(=O)O. The number of fused-ring (bicyclic) bond motifs is 3. The van der Waals surface area contributed by atoms with Crippen LogP contribution in [-0.2, 0) is 14.3 Å². The monoisotopic (exact) mass is 452 g/mol. The molecular formula is C25H28N2O6. The Morgan fingerprint density at radius 1 is 1.06 bits per heavy atom. The number of alkyl carbamates (subject to hydrolysis) is 1. The molecule has 0 heterocycles. The molecular weight excluding hydrogens is 424 g/mol. The first-order chi connectivity index (χ1) is 15.7. The molecule has 0 bridgehead atoms. The number of hydrogen-bond acceptors (Lipinski definition) is 5. The van der Waals surface area contributed by atoms with Crippen molar-refractivity contribution in [3.8, 4) is 11.1 Å². The number of rotatable bonds is 8. The molecule has 2 aromatic carbocycles. The molecule has 8 nitrogen and oxygen atoms in total. The lowest BCUT2D eigenvalue weighted by atomic mass is 9.94. The average Bonchev–Trinajstić information content (AvgIpc) is 3.59. The second-order valence-corrected chi connectivity index (χ2v) is 8.96. The molecule has 2 amide bonds. The van der Waals surface area contributed by atoms with Gasteiger partial charge in [0.05, 0.1) is 6.10 Å². The van der Waals surface area contributed by atoms with E-state index < -0.39 is 35.7 Å². The number of aliphatic carboxylic acids is 1. The molecule has 33 heavy (non-hydrogen) atoms. The van der Waals surface area contributed by atoms with Gasteiger partial charge in [-0.25, -0.2) is 9.59 Å². The van der Waals surface area contributed by atoms with E-state index >= 15 is 0 Å². The minimum absolute atomic E-state index is 0.105. The third-order valence-electron chi connectivity index (χ3n) is 6.61. The van der Waals surface area contributed by atoms with Crippen molar-refractivity contribution in [2.45, 2.75) is 50.3 Å². The fourth-order valence-electron chi connectivity index (χ4n) is 4.53. The summed E-state index contributed by atoms with van der Waals surface area (Å²) in [6.45, 7) is 2.95. The zero-order valence-corrected chi connectivity index (χ0v) is 18.6. The van der Waals surface area contributed by atoms with E-state index in [9.17, 15) is 24.6 Å². The van der Waals surface area contributed by atoms with Crippen LogP contribution >= 0.6 is 0 Å². The summed E-state index contributed by atoms with van der Waals surface area (Å²) in [5.41, 5.74) is 3.04. The van der Waals surface area contributed by atoms with Crippen molar-refractivity contribution in [2.24, 2.45) is 5.92 Å². The molecule has 4 rings (SSSR count). The fourth-order valence-corrected chi connectivity index (χ4v) is 4.53. The number of nitrogens with one attached hydrogen (secondary N) is 2. The van der Waals surface area contributed by atoms with Gasteiger partial charge in [0.25, 0.3) is 0 Å². The Morgan fingerprint density at radius 2 is 1.61 bits per heavy atom. The molecule has 0 aromatic heterocycles. The Balaban J connectivity index is 1.45. The summed E-state index contributed by atoms with van der Waals surface area (Å²) in [5, 5.41) is 24.0. The van der Waals surface area contributed by atoms with E-state index in [1.165, 1.54) is 6.92 Å². The van der Waals surface area contributed by atoms with E-state index in [-0.39, 0.29) is 18.4 Å². The molecule has 1 fully saturated rings. The van der Waals surface area contributed by atoms with Gasteiger partial charge in [-0.05, 0) is 54.9 Å². The first kappa shape index (κ1) is 22.8. The van der Waals surface area contributed by atoms with Gasteiger partial charge in [-0.1, -0.05) is 48.5 Å². The number of carboxylic acid groups (broad SMARTS) is 1. The number of hydrogen-bond donors (Lipinski definition) is 4. The van der Waals surface area contributed by atoms with Gasteiger partial charge in [-0.2, -0.15) is 0 Å². The van der Waals surface area contributed by atoms with Crippen LogP contribution in [0, 0.1) is 5.92 Å². The van der Waals surface area contributed by atoms with E-state index in [1.54, 1.807) is 6.92 Å². The van der Waals surface area contributed by atoms with Gasteiger partial charge in [0.1, 0.15) is 12.1 Å². The van der Waals surface area contributed by atoms with E-state index in [0.717, 1.165) is 35.1 Å². The Kier molecular flexibility index (Phi) is 6.12. The predicted molar refractivity (Wildman–Crippen MR) is 121 cm³/mol. The second-order valence-electron chi connectivity index (χ2n) is 8.96. The van der Waals surface area contributed by atoms with Gasteiger partial charge in [-0.15, -0.1) is 0 Å². The molecule has 0 spiro atoms. The van der Waals surface area contributed by atoms with Crippen LogP contribution in [0.5, 0.6) is 0 Å². The van der Waals surface area contributed by atoms with Crippen LogP contribution in [0.1, 0.15) is 43.7 Å². The number of ether oxygens (including phenoxy) is 1. The molecule has 4 N–H and O–H groups in total. The summed E-state index contributed by atoms with van der Waals surface area (Å²) in [6, 6.07) is 14.5. The molecule has 8 heteroatoms. The average molecular weight is 453 g/mol. The Hall–Kier alpha value is -3.39. The Morgan fingerprint density at radius 3 is 2.09 bits per heavy atom. The maximum Gasteiger partial charge on any atom is 0.408 e. The minimum atomic E-state index is -1.47. The highest BCUT2D eigenvalue weighted by Crippen LogP contribution is 2.44. The zero-order valence-electron chi connectivity index (χ0n) is 18.6. The lowest BCUT2D eigenvalue weighted by Gasteiger charge is -2.31. The third-order valence-corrected chi connectivity index (χ3v) is 6.61. The van der Waals surface area contributed by atoms with Crippen LogP contribution in [0.4, 0.5) is 4.79 Å². The summed E-state index contributed by atoms with van der Waals surface area (Å²) in [4.78, 5) is 37.1. The van der Waals surface area contributed by atoms with E-state index in [2.05, 4.69) is 10.6 Å². The van der Waals surface area contributed by atoms with Crippen molar-refractivity contribution in [3.63, 3.8) is 0 Å². The number of carbonyl (C=O) groups is 3.